The Labute approximate surface area is 151 Å². The molecule has 2 amide bonds. The van der Waals surface area contributed by atoms with Crippen molar-refractivity contribution in [3.8, 4) is 0 Å². The van der Waals surface area contributed by atoms with Gasteiger partial charge in [0.25, 0.3) is 5.91 Å². The average Bonchev–Trinajstić information content (AvgIpc) is 2.60. The quantitative estimate of drug-likeness (QED) is 0.638. The molecule has 1 saturated heterocycles. The molecule has 1 aliphatic heterocycles. The van der Waals surface area contributed by atoms with E-state index in [0.29, 0.717) is 24.4 Å². The molecule has 25 heavy (non-hydrogen) atoms. The average molecular weight is 365 g/mol. The molecular formula is C18H21ClN2O4. The van der Waals surface area contributed by atoms with Crippen molar-refractivity contribution in [3.05, 3.63) is 40.4 Å². The van der Waals surface area contributed by atoms with E-state index >= 15 is 0 Å². The zero-order valence-electron chi connectivity index (χ0n) is 14.0. The Morgan fingerprint density at radius 2 is 2.16 bits per heavy atom. The minimum absolute atomic E-state index is 0.281. The summed E-state index contributed by atoms with van der Waals surface area (Å²) in [5, 5.41) is 0.611. The van der Waals surface area contributed by atoms with Gasteiger partial charge in [-0.15, -0.1) is 0 Å². The van der Waals surface area contributed by atoms with Crippen molar-refractivity contribution in [3.63, 3.8) is 0 Å². The number of nitrogens with zero attached hydrogens (tertiary/aromatic N) is 1. The summed E-state index contributed by atoms with van der Waals surface area (Å²) >= 11 is 6.02. The second kappa shape index (κ2) is 8.67. The number of carbonyl (C=O) groups is 3. The van der Waals surface area contributed by atoms with E-state index in [2.05, 4.69) is 0 Å². The number of esters is 1. The van der Waals surface area contributed by atoms with Crippen LogP contribution in [0.15, 0.2) is 24.3 Å². The summed E-state index contributed by atoms with van der Waals surface area (Å²) in [6.07, 6.45) is 4.21. The molecule has 0 spiro atoms. The number of likely N-dealkylation sites (tertiary alicyclic amines) is 1. The van der Waals surface area contributed by atoms with Gasteiger partial charge in [0.2, 0.25) is 5.91 Å². The predicted octanol–water partition coefficient (Wildman–Crippen LogP) is 1.93. The first-order chi connectivity index (χ1) is 11.9. The number of benzene rings is 1. The highest BCUT2D eigenvalue weighted by molar-refractivity contribution is 6.31. The number of hydrogen-bond acceptors (Lipinski definition) is 4. The Morgan fingerprint density at radius 3 is 2.84 bits per heavy atom. The third-order valence-corrected chi connectivity index (χ3v) is 4.53. The summed E-state index contributed by atoms with van der Waals surface area (Å²) in [4.78, 5) is 36.6. The summed E-state index contributed by atoms with van der Waals surface area (Å²) in [5.74, 6) is -1.69. The van der Waals surface area contributed by atoms with E-state index in [1.165, 1.54) is 11.0 Å². The molecule has 6 nitrogen and oxygen atoms in total. The Morgan fingerprint density at radius 1 is 1.40 bits per heavy atom. The van der Waals surface area contributed by atoms with Crippen molar-refractivity contribution in [2.24, 2.45) is 11.7 Å². The zero-order valence-corrected chi connectivity index (χ0v) is 14.8. The van der Waals surface area contributed by atoms with Crippen LogP contribution in [0.5, 0.6) is 0 Å². The number of rotatable bonds is 5. The molecule has 2 rings (SSSR count). The van der Waals surface area contributed by atoms with Gasteiger partial charge < -0.3 is 15.4 Å². The number of primary amides is 1. The van der Waals surface area contributed by atoms with Gasteiger partial charge in [-0.1, -0.05) is 23.7 Å². The van der Waals surface area contributed by atoms with Crippen LogP contribution in [0.1, 0.15) is 24.0 Å². The van der Waals surface area contributed by atoms with Crippen molar-refractivity contribution in [2.45, 2.75) is 19.8 Å². The number of amides is 2. The van der Waals surface area contributed by atoms with Gasteiger partial charge in [-0.3, -0.25) is 9.59 Å². The van der Waals surface area contributed by atoms with Crippen LogP contribution in [0.25, 0.3) is 6.08 Å². The fraction of sp³-hybridized carbons (Fsp3) is 0.389. The van der Waals surface area contributed by atoms with E-state index in [1.807, 2.05) is 19.1 Å². The van der Waals surface area contributed by atoms with E-state index in [0.717, 1.165) is 11.1 Å². The van der Waals surface area contributed by atoms with Gasteiger partial charge in [-0.2, -0.15) is 0 Å². The van der Waals surface area contributed by atoms with Crippen molar-refractivity contribution in [1.29, 1.82) is 0 Å². The van der Waals surface area contributed by atoms with Crippen LogP contribution in [0, 0.1) is 12.8 Å². The molecule has 7 heteroatoms. The normalized spacial score (nSPS) is 17.5. The molecule has 0 saturated carbocycles. The first-order valence-corrected chi connectivity index (χ1v) is 8.42. The van der Waals surface area contributed by atoms with Gasteiger partial charge in [-0.25, -0.2) is 4.79 Å². The third-order valence-electron chi connectivity index (χ3n) is 4.12. The molecule has 1 aromatic rings. The van der Waals surface area contributed by atoms with Gasteiger partial charge in [0.15, 0.2) is 6.61 Å². The first-order valence-electron chi connectivity index (χ1n) is 8.05. The molecule has 1 aliphatic rings. The molecule has 1 fully saturated rings. The molecule has 0 aliphatic carbocycles. The fourth-order valence-corrected chi connectivity index (χ4v) is 2.77. The zero-order chi connectivity index (χ0) is 18.4. The summed E-state index contributed by atoms with van der Waals surface area (Å²) < 4.78 is 4.96. The highest BCUT2D eigenvalue weighted by Gasteiger charge is 2.27. The van der Waals surface area contributed by atoms with Gasteiger partial charge in [0.1, 0.15) is 0 Å². The Kier molecular flexibility index (Phi) is 6.58. The monoisotopic (exact) mass is 364 g/mol. The molecule has 2 N–H and O–H groups in total. The van der Waals surface area contributed by atoms with Crippen molar-refractivity contribution >= 4 is 35.5 Å². The van der Waals surface area contributed by atoms with Crippen LogP contribution < -0.4 is 5.73 Å². The smallest absolute Gasteiger partial charge is 0.331 e. The SMILES string of the molecule is Cc1ccc(/C=C/C(=O)OCC(=O)N2CCC[C@H](C(N)=O)C2)cc1Cl. The standard InChI is InChI=1S/C18H21ClN2O4/c1-12-4-5-13(9-15(12)19)6-7-17(23)25-11-16(22)21-8-2-3-14(10-21)18(20)24/h4-7,9,14H,2-3,8,10-11H2,1H3,(H2,20,24)/b7-6+/t14-/m0/s1. The number of halogens is 1. The topological polar surface area (TPSA) is 89.7 Å². The van der Waals surface area contributed by atoms with Gasteiger partial charge in [-0.05, 0) is 43.0 Å². The Balaban J connectivity index is 1.82. The van der Waals surface area contributed by atoms with E-state index in [-0.39, 0.29) is 25.0 Å². The highest BCUT2D eigenvalue weighted by atomic mass is 35.5. The van der Waals surface area contributed by atoms with Crippen LogP contribution in [-0.2, 0) is 19.1 Å². The lowest BCUT2D eigenvalue weighted by molar-refractivity contribution is -0.149. The molecule has 134 valence electrons. The largest absolute Gasteiger partial charge is 0.452 e. The molecule has 0 radical (unpaired) electrons. The maximum Gasteiger partial charge on any atom is 0.331 e. The van der Waals surface area contributed by atoms with E-state index in [1.54, 1.807) is 12.1 Å². The molecule has 1 heterocycles. The lowest BCUT2D eigenvalue weighted by Crippen LogP contribution is -2.45. The number of hydrogen-bond donors (Lipinski definition) is 1. The lowest BCUT2D eigenvalue weighted by Gasteiger charge is -2.30. The van der Waals surface area contributed by atoms with E-state index in [9.17, 15) is 14.4 Å². The minimum Gasteiger partial charge on any atom is -0.452 e. The maximum absolute atomic E-state index is 12.1. The van der Waals surface area contributed by atoms with Crippen LogP contribution in [0.4, 0.5) is 0 Å². The van der Waals surface area contributed by atoms with Crippen molar-refractivity contribution < 1.29 is 19.1 Å². The van der Waals surface area contributed by atoms with Crippen LogP contribution in [0.3, 0.4) is 0 Å². The predicted molar refractivity (Wildman–Crippen MR) is 94.7 cm³/mol. The molecule has 0 unspecified atom stereocenters. The fourth-order valence-electron chi connectivity index (χ4n) is 2.59. The minimum atomic E-state index is -0.617. The lowest BCUT2D eigenvalue weighted by atomic mass is 9.97. The summed E-state index contributed by atoms with van der Waals surface area (Å²) in [6, 6.07) is 5.42. The molecule has 1 atom stereocenters. The van der Waals surface area contributed by atoms with Crippen LogP contribution >= 0.6 is 11.6 Å². The van der Waals surface area contributed by atoms with Gasteiger partial charge >= 0.3 is 5.97 Å². The van der Waals surface area contributed by atoms with Crippen molar-refractivity contribution in [2.75, 3.05) is 19.7 Å². The van der Waals surface area contributed by atoms with Crippen molar-refractivity contribution in [1.82, 2.24) is 4.90 Å². The van der Waals surface area contributed by atoms with E-state index in [4.69, 9.17) is 22.1 Å². The molecular weight excluding hydrogens is 344 g/mol. The summed E-state index contributed by atoms with van der Waals surface area (Å²) in [5.41, 5.74) is 7.00. The number of aryl methyl sites for hydroxylation is 1. The number of ether oxygens (including phenoxy) is 1. The number of piperidine rings is 1. The van der Waals surface area contributed by atoms with Crippen LogP contribution in [-0.4, -0.2) is 42.4 Å². The summed E-state index contributed by atoms with van der Waals surface area (Å²) in [6.45, 7) is 2.35. The molecule has 0 aromatic heterocycles. The third kappa shape index (κ3) is 5.60. The number of nitrogens with two attached hydrogens (primary N) is 1. The summed E-state index contributed by atoms with van der Waals surface area (Å²) in [7, 11) is 0. The molecule has 1 aromatic carbocycles. The maximum atomic E-state index is 12.1. The second-order valence-corrected chi connectivity index (χ2v) is 6.44. The van der Waals surface area contributed by atoms with E-state index < -0.39 is 11.9 Å². The van der Waals surface area contributed by atoms with Gasteiger partial charge in [0.05, 0.1) is 5.92 Å². The van der Waals surface area contributed by atoms with Crippen LogP contribution in [0.2, 0.25) is 5.02 Å². The second-order valence-electron chi connectivity index (χ2n) is 6.03. The Hall–Kier alpha value is -2.34. The highest BCUT2D eigenvalue weighted by Crippen LogP contribution is 2.18. The Bertz CT molecular complexity index is 702. The molecule has 0 bridgehead atoms. The number of carbonyl (C=O) groups excluding carboxylic acids is 3. The first kappa shape index (κ1) is 19.0. The van der Waals surface area contributed by atoms with Gasteiger partial charge in [0, 0.05) is 24.2 Å².